The summed E-state index contributed by atoms with van der Waals surface area (Å²) in [5.41, 5.74) is 3.10. The van der Waals surface area contributed by atoms with Crippen LogP contribution < -0.4 is 5.32 Å². The highest BCUT2D eigenvalue weighted by molar-refractivity contribution is 7.18. The van der Waals surface area contributed by atoms with Crippen LogP contribution in [-0.2, 0) is 16.0 Å². The zero-order valence-corrected chi connectivity index (χ0v) is 15.0. The van der Waals surface area contributed by atoms with E-state index in [0.29, 0.717) is 5.01 Å². The zero-order chi connectivity index (χ0) is 18.4. The third kappa shape index (κ3) is 4.73. The number of halogens is 1. The number of amides is 1. The minimum atomic E-state index is -0.517. The smallest absolute Gasteiger partial charge is 0.227 e. The first-order chi connectivity index (χ1) is 12.7. The fourth-order valence-corrected chi connectivity index (χ4v) is 3.61. The molecule has 1 N–H and O–H groups in total. The van der Waals surface area contributed by atoms with Crippen LogP contribution in [0.2, 0.25) is 0 Å². The van der Waals surface area contributed by atoms with E-state index in [4.69, 9.17) is 0 Å². The molecule has 3 aromatic rings. The van der Waals surface area contributed by atoms with Crippen molar-refractivity contribution in [3.05, 3.63) is 53.5 Å². The molecule has 2 aromatic carbocycles. The second kappa shape index (κ2) is 8.67. The highest BCUT2D eigenvalue weighted by Crippen LogP contribution is 2.28. The van der Waals surface area contributed by atoms with Crippen LogP contribution >= 0.6 is 11.3 Å². The summed E-state index contributed by atoms with van der Waals surface area (Å²) in [6.07, 6.45) is 0.493. The number of ketones is 1. The number of Topliss-reactive ketones (excluding diaryl/α,β-unsaturated/α-hetero) is 1. The van der Waals surface area contributed by atoms with Crippen LogP contribution in [0.4, 0.5) is 4.39 Å². The second-order valence-electron chi connectivity index (χ2n) is 5.94. The van der Waals surface area contributed by atoms with Crippen LogP contribution in [0.15, 0.2) is 48.5 Å². The first-order valence-electron chi connectivity index (χ1n) is 8.45. The van der Waals surface area contributed by atoms with E-state index >= 15 is 0 Å². The van der Waals surface area contributed by atoms with Crippen LogP contribution in [0.1, 0.15) is 17.8 Å². The fourth-order valence-electron chi connectivity index (χ4n) is 2.61. The average Bonchev–Trinajstić information content (AvgIpc) is 3.06. The van der Waals surface area contributed by atoms with Gasteiger partial charge in [-0.05, 0) is 29.7 Å². The highest BCUT2D eigenvalue weighted by Gasteiger charge is 2.11. The van der Waals surface area contributed by atoms with Gasteiger partial charge in [-0.1, -0.05) is 36.4 Å². The average molecular weight is 370 g/mol. The second-order valence-corrected chi connectivity index (χ2v) is 7.06. The largest absolute Gasteiger partial charge is 0.349 e. The molecule has 0 fully saturated rings. The van der Waals surface area contributed by atoms with Crippen molar-refractivity contribution in [2.45, 2.75) is 19.3 Å². The van der Waals surface area contributed by atoms with Crippen molar-refractivity contribution in [3.8, 4) is 11.1 Å². The molecule has 0 spiro atoms. The van der Waals surface area contributed by atoms with E-state index in [1.165, 1.54) is 11.3 Å². The maximum Gasteiger partial charge on any atom is 0.227 e. The van der Waals surface area contributed by atoms with E-state index in [1.807, 2.05) is 30.3 Å². The molecule has 0 saturated carbocycles. The summed E-state index contributed by atoms with van der Waals surface area (Å²) in [5.74, 6) is -0.409. The van der Waals surface area contributed by atoms with Gasteiger partial charge in [0.25, 0.3) is 0 Å². The quantitative estimate of drug-likeness (QED) is 0.653. The highest BCUT2D eigenvalue weighted by atomic mass is 32.1. The molecule has 0 aliphatic heterocycles. The first kappa shape index (κ1) is 18.2. The topological polar surface area (TPSA) is 59.1 Å². The Morgan fingerprint density at radius 1 is 1.08 bits per heavy atom. The maximum atomic E-state index is 12.0. The van der Waals surface area contributed by atoms with Crippen molar-refractivity contribution in [2.75, 3.05) is 13.2 Å². The molecule has 0 unspecified atom stereocenters. The third-order valence-electron chi connectivity index (χ3n) is 3.92. The Balaban J connectivity index is 1.64. The van der Waals surface area contributed by atoms with Gasteiger partial charge in [0.05, 0.1) is 29.9 Å². The van der Waals surface area contributed by atoms with Gasteiger partial charge < -0.3 is 5.32 Å². The van der Waals surface area contributed by atoms with Crippen molar-refractivity contribution in [3.63, 3.8) is 0 Å². The number of hydrogen-bond acceptors (Lipinski definition) is 4. The Morgan fingerprint density at radius 3 is 2.65 bits per heavy atom. The molecule has 6 heteroatoms. The molecule has 0 bridgehead atoms. The van der Waals surface area contributed by atoms with E-state index in [-0.39, 0.29) is 37.5 Å². The maximum absolute atomic E-state index is 12.0. The van der Waals surface area contributed by atoms with Gasteiger partial charge in [0, 0.05) is 6.42 Å². The minimum Gasteiger partial charge on any atom is -0.349 e. The van der Waals surface area contributed by atoms with Gasteiger partial charge in [0.2, 0.25) is 5.91 Å². The molecule has 0 aliphatic carbocycles. The van der Waals surface area contributed by atoms with Gasteiger partial charge in [-0.25, -0.2) is 4.98 Å². The summed E-state index contributed by atoms with van der Waals surface area (Å²) in [6.45, 7) is -0.571. The molecular formula is C20H19FN2O2S. The summed E-state index contributed by atoms with van der Waals surface area (Å²) in [6, 6.07) is 16.1. The van der Waals surface area contributed by atoms with E-state index in [1.54, 1.807) is 0 Å². The van der Waals surface area contributed by atoms with E-state index in [2.05, 4.69) is 28.5 Å². The minimum absolute atomic E-state index is 0.0537. The number of hydrogen-bond donors (Lipinski definition) is 1. The number of nitrogens with one attached hydrogen (secondary N) is 1. The molecule has 1 aromatic heterocycles. The number of nitrogens with zero attached hydrogens (tertiary/aromatic N) is 1. The number of aromatic nitrogens is 1. The molecule has 1 heterocycles. The van der Waals surface area contributed by atoms with Gasteiger partial charge in [-0.15, -0.1) is 11.3 Å². The number of carbonyl (C=O) groups is 2. The number of thiazole rings is 1. The molecule has 0 radical (unpaired) electrons. The van der Waals surface area contributed by atoms with Crippen molar-refractivity contribution in [1.82, 2.24) is 10.3 Å². The number of rotatable bonds is 8. The molecule has 26 heavy (non-hydrogen) atoms. The molecular weight excluding hydrogens is 351 g/mol. The lowest BCUT2D eigenvalue weighted by Gasteiger charge is -2.02. The van der Waals surface area contributed by atoms with Crippen molar-refractivity contribution in [2.24, 2.45) is 0 Å². The number of benzene rings is 2. The summed E-state index contributed by atoms with van der Waals surface area (Å²) in [5, 5.41) is 3.28. The monoisotopic (exact) mass is 370 g/mol. The summed E-state index contributed by atoms with van der Waals surface area (Å²) in [4.78, 5) is 28.0. The van der Waals surface area contributed by atoms with Crippen molar-refractivity contribution in [1.29, 1.82) is 0 Å². The molecule has 0 aliphatic rings. The van der Waals surface area contributed by atoms with Gasteiger partial charge in [-0.2, -0.15) is 0 Å². The van der Waals surface area contributed by atoms with E-state index in [0.717, 1.165) is 21.3 Å². The summed E-state index contributed by atoms with van der Waals surface area (Å²) < 4.78 is 13.1. The molecule has 134 valence electrons. The number of carbonyl (C=O) groups excluding carboxylic acids is 2. The Labute approximate surface area is 155 Å². The predicted molar refractivity (Wildman–Crippen MR) is 102 cm³/mol. The van der Waals surface area contributed by atoms with E-state index in [9.17, 15) is 14.0 Å². The van der Waals surface area contributed by atoms with Gasteiger partial charge in [0.15, 0.2) is 5.78 Å². The molecule has 0 atom stereocenters. The SMILES string of the molecule is O=C(CCCF)CNC(=O)Cc1nc2ccc(-c3ccccc3)cc2s1. The lowest BCUT2D eigenvalue weighted by molar-refractivity contribution is -0.124. The van der Waals surface area contributed by atoms with Crippen LogP contribution in [0.25, 0.3) is 21.3 Å². The van der Waals surface area contributed by atoms with Crippen LogP contribution in [-0.4, -0.2) is 29.9 Å². The van der Waals surface area contributed by atoms with Gasteiger partial charge in [-0.3, -0.25) is 14.0 Å². The zero-order valence-electron chi connectivity index (χ0n) is 14.2. The Bertz CT molecular complexity index is 909. The normalized spacial score (nSPS) is 10.8. The molecule has 4 nitrogen and oxygen atoms in total. The molecule has 1 amide bonds. The predicted octanol–water partition coefficient (Wildman–Crippen LogP) is 3.94. The summed E-state index contributed by atoms with van der Waals surface area (Å²) in [7, 11) is 0. The third-order valence-corrected chi connectivity index (χ3v) is 4.94. The van der Waals surface area contributed by atoms with Crippen LogP contribution in [0, 0.1) is 0 Å². The first-order valence-corrected chi connectivity index (χ1v) is 9.26. The summed E-state index contributed by atoms with van der Waals surface area (Å²) >= 11 is 1.48. The van der Waals surface area contributed by atoms with E-state index < -0.39 is 6.67 Å². The Morgan fingerprint density at radius 2 is 1.88 bits per heavy atom. The molecule has 3 rings (SSSR count). The number of fused-ring (bicyclic) bond motifs is 1. The van der Waals surface area contributed by atoms with Crippen LogP contribution in [0.3, 0.4) is 0 Å². The van der Waals surface area contributed by atoms with Crippen molar-refractivity contribution >= 4 is 33.2 Å². The lowest BCUT2D eigenvalue weighted by Crippen LogP contribution is -2.30. The number of alkyl halides is 1. The fraction of sp³-hybridized carbons (Fsp3) is 0.250. The van der Waals surface area contributed by atoms with Gasteiger partial charge in [0.1, 0.15) is 5.01 Å². The van der Waals surface area contributed by atoms with Crippen LogP contribution in [0.5, 0.6) is 0 Å². The standard InChI is InChI=1S/C20H19FN2O2S/c21-10-4-7-16(24)13-22-19(25)12-20-23-17-9-8-15(11-18(17)26-20)14-5-2-1-3-6-14/h1-3,5-6,8-9,11H,4,7,10,12-13H2,(H,22,25). The Hall–Kier alpha value is -2.60. The Kier molecular flexibility index (Phi) is 6.07. The molecule has 0 saturated heterocycles. The van der Waals surface area contributed by atoms with Crippen molar-refractivity contribution < 1.29 is 14.0 Å². The lowest BCUT2D eigenvalue weighted by atomic mass is 10.1. The van der Waals surface area contributed by atoms with Gasteiger partial charge >= 0.3 is 0 Å².